The Balaban J connectivity index is 1.62. The lowest BCUT2D eigenvalue weighted by atomic mass is 10.2. The largest absolute Gasteiger partial charge is 0.452 e. The maximum Gasteiger partial charge on any atom is 0.338 e. The number of non-ortho nitro benzene ring substituents is 1. The molecule has 0 aliphatic carbocycles. The Labute approximate surface area is 185 Å². The van der Waals surface area contributed by atoms with Crippen LogP contribution >= 0.6 is 0 Å². The van der Waals surface area contributed by atoms with Crippen LogP contribution in [-0.2, 0) is 19.6 Å². The van der Waals surface area contributed by atoms with Gasteiger partial charge in [-0.15, -0.1) is 0 Å². The zero-order valence-corrected chi connectivity index (χ0v) is 18.0. The molecule has 0 radical (unpaired) electrons. The van der Waals surface area contributed by atoms with Gasteiger partial charge >= 0.3 is 5.97 Å². The first-order valence-electron chi connectivity index (χ1n) is 10.1. The van der Waals surface area contributed by atoms with E-state index in [1.807, 2.05) is 0 Å². The van der Waals surface area contributed by atoms with Crippen LogP contribution in [-0.4, -0.2) is 49.2 Å². The predicted molar refractivity (Wildman–Crippen MR) is 116 cm³/mol. The summed E-state index contributed by atoms with van der Waals surface area (Å²) in [6, 6.07) is 10.8. The number of esters is 1. The van der Waals surface area contributed by atoms with Gasteiger partial charge in [0.2, 0.25) is 10.0 Å². The van der Waals surface area contributed by atoms with Crippen LogP contribution in [0.15, 0.2) is 53.4 Å². The number of hydrogen-bond donors (Lipinski definition) is 1. The normalized spacial score (nSPS) is 14.9. The number of nitrogens with zero attached hydrogens (tertiary/aromatic N) is 2. The first kappa shape index (κ1) is 23.4. The second-order valence-corrected chi connectivity index (χ2v) is 9.22. The molecule has 2 aromatic rings. The average Bonchev–Trinajstić information content (AvgIpc) is 3.08. The van der Waals surface area contributed by atoms with E-state index in [1.54, 1.807) is 0 Å². The lowest BCUT2D eigenvalue weighted by molar-refractivity contribution is -0.384. The maximum absolute atomic E-state index is 12.9. The summed E-state index contributed by atoms with van der Waals surface area (Å²) in [5, 5.41) is 13.2. The number of sulfonamides is 1. The molecule has 0 atom stereocenters. The van der Waals surface area contributed by atoms with Crippen molar-refractivity contribution < 1.29 is 27.7 Å². The van der Waals surface area contributed by atoms with E-state index >= 15 is 0 Å². The summed E-state index contributed by atoms with van der Waals surface area (Å²) in [7, 11) is -3.73. The molecule has 170 valence electrons. The van der Waals surface area contributed by atoms with Gasteiger partial charge in [0.15, 0.2) is 6.61 Å². The van der Waals surface area contributed by atoms with E-state index < -0.39 is 33.4 Å². The highest BCUT2D eigenvalue weighted by Gasteiger charge is 2.26. The van der Waals surface area contributed by atoms with E-state index in [0.29, 0.717) is 13.1 Å². The van der Waals surface area contributed by atoms with Crippen molar-refractivity contribution in [2.75, 3.05) is 25.0 Å². The van der Waals surface area contributed by atoms with Crippen LogP contribution in [0.3, 0.4) is 0 Å². The van der Waals surface area contributed by atoms with E-state index in [0.717, 1.165) is 25.7 Å². The molecule has 1 aliphatic rings. The van der Waals surface area contributed by atoms with Gasteiger partial charge in [-0.2, -0.15) is 4.31 Å². The van der Waals surface area contributed by atoms with Crippen molar-refractivity contribution in [3.8, 4) is 0 Å². The van der Waals surface area contributed by atoms with Crippen molar-refractivity contribution in [1.29, 1.82) is 0 Å². The lowest BCUT2D eigenvalue weighted by Gasteiger charge is -2.20. The fourth-order valence-corrected chi connectivity index (χ4v) is 4.89. The predicted octanol–water partition coefficient (Wildman–Crippen LogP) is 2.96. The third-order valence-electron chi connectivity index (χ3n) is 4.95. The second-order valence-electron chi connectivity index (χ2n) is 7.28. The van der Waals surface area contributed by atoms with E-state index in [1.165, 1.54) is 52.8 Å². The molecule has 1 fully saturated rings. The molecule has 1 aliphatic heterocycles. The molecule has 0 unspecified atom stereocenters. The van der Waals surface area contributed by atoms with Gasteiger partial charge in [-0.05, 0) is 37.1 Å². The van der Waals surface area contributed by atoms with Crippen LogP contribution < -0.4 is 5.32 Å². The summed E-state index contributed by atoms with van der Waals surface area (Å²) in [5.41, 5.74) is -0.00272. The number of anilines is 1. The summed E-state index contributed by atoms with van der Waals surface area (Å²) < 4.78 is 32.2. The van der Waals surface area contributed by atoms with Gasteiger partial charge in [0.1, 0.15) is 0 Å². The number of carbonyl (C=O) groups excluding carboxylic acids is 2. The monoisotopic (exact) mass is 461 g/mol. The zero-order chi connectivity index (χ0) is 23.1. The fourth-order valence-electron chi connectivity index (χ4n) is 3.32. The summed E-state index contributed by atoms with van der Waals surface area (Å²) in [6.07, 6.45) is 3.55. The van der Waals surface area contributed by atoms with Crippen LogP contribution in [0.2, 0.25) is 0 Å². The number of hydrogen-bond acceptors (Lipinski definition) is 7. The average molecular weight is 461 g/mol. The van der Waals surface area contributed by atoms with E-state index in [-0.39, 0.29) is 21.8 Å². The fraction of sp³-hybridized carbons (Fsp3) is 0.333. The van der Waals surface area contributed by atoms with Gasteiger partial charge in [0, 0.05) is 30.9 Å². The highest BCUT2D eigenvalue weighted by molar-refractivity contribution is 7.89. The van der Waals surface area contributed by atoms with E-state index in [9.17, 15) is 28.1 Å². The molecule has 0 saturated carbocycles. The number of nitro groups is 1. The molecule has 0 aromatic heterocycles. The van der Waals surface area contributed by atoms with Crippen LogP contribution in [0.5, 0.6) is 0 Å². The van der Waals surface area contributed by atoms with Gasteiger partial charge in [-0.1, -0.05) is 25.0 Å². The summed E-state index contributed by atoms with van der Waals surface area (Å²) in [5.74, 6) is -1.54. The van der Waals surface area contributed by atoms with Crippen molar-refractivity contribution in [1.82, 2.24) is 4.31 Å². The Morgan fingerprint density at radius 2 is 1.72 bits per heavy atom. The van der Waals surface area contributed by atoms with Gasteiger partial charge in [0.05, 0.1) is 15.4 Å². The van der Waals surface area contributed by atoms with Crippen LogP contribution in [0, 0.1) is 10.1 Å². The second kappa shape index (κ2) is 10.3. The van der Waals surface area contributed by atoms with Crippen molar-refractivity contribution >= 4 is 33.3 Å². The van der Waals surface area contributed by atoms with Gasteiger partial charge in [-0.3, -0.25) is 14.9 Å². The van der Waals surface area contributed by atoms with Crippen LogP contribution in [0.1, 0.15) is 36.0 Å². The first-order chi connectivity index (χ1) is 15.3. The number of benzene rings is 2. The van der Waals surface area contributed by atoms with Gasteiger partial charge < -0.3 is 10.1 Å². The molecule has 3 rings (SSSR count). The Bertz CT molecular complexity index is 1110. The molecule has 0 spiro atoms. The first-order valence-corrected chi connectivity index (χ1v) is 11.5. The molecule has 2 aromatic carbocycles. The molecule has 1 saturated heterocycles. The summed E-state index contributed by atoms with van der Waals surface area (Å²) in [6.45, 7) is 0.244. The quantitative estimate of drug-likeness (QED) is 0.380. The molecule has 11 heteroatoms. The number of amides is 1. The van der Waals surface area contributed by atoms with E-state index in [4.69, 9.17) is 4.74 Å². The Morgan fingerprint density at radius 3 is 2.41 bits per heavy atom. The van der Waals surface area contributed by atoms with Crippen molar-refractivity contribution in [3.05, 3.63) is 64.2 Å². The lowest BCUT2D eigenvalue weighted by Crippen LogP contribution is -2.32. The third-order valence-corrected chi connectivity index (χ3v) is 6.84. The Hall–Kier alpha value is -3.31. The minimum atomic E-state index is -3.73. The number of nitro benzene ring substituents is 1. The summed E-state index contributed by atoms with van der Waals surface area (Å²) >= 11 is 0. The molecular weight excluding hydrogens is 438 g/mol. The Kier molecular flexibility index (Phi) is 7.54. The molecule has 1 heterocycles. The highest BCUT2D eigenvalue weighted by atomic mass is 32.2. The van der Waals surface area contributed by atoms with Crippen LogP contribution in [0.25, 0.3) is 0 Å². The molecular formula is C21H23N3O7S. The van der Waals surface area contributed by atoms with Crippen molar-refractivity contribution in [2.45, 2.75) is 30.6 Å². The number of rotatable bonds is 7. The van der Waals surface area contributed by atoms with Crippen molar-refractivity contribution in [3.63, 3.8) is 0 Å². The minimum Gasteiger partial charge on any atom is -0.452 e. The number of nitrogens with one attached hydrogen (secondary N) is 1. The molecule has 32 heavy (non-hydrogen) atoms. The van der Waals surface area contributed by atoms with Gasteiger partial charge in [-0.25, -0.2) is 13.2 Å². The standard InChI is InChI=1S/C21H23N3O7S/c25-20(22-17-8-6-9-18(14-17)24(27)28)15-31-21(26)16-7-5-10-19(13-16)32(29,30)23-11-3-1-2-4-12-23/h5-10,13-14H,1-4,11-12,15H2,(H,22,25). The molecule has 10 nitrogen and oxygen atoms in total. The van der Waals surface area contributed by atoms with Crippen LogP contribution in [0.4, 0.5) is 11.4 Å². The minimum absolute atomic E-state index is 0.00375. The Morgan fingerprint density at radius 1 is 1.03 bits per heavy atom. The highest BCUT2D eigenvalue weighted by Crippen LogP contribution is 2.21. The molecule has 1 amide bonds. The zero-order valence-electron chi connectivity index (χ0n) is 17.2. The molecule has 1 N–H and O–H groups in total. The number of ether oxygens (including phenoxy) is 1. The topological polar surface area (TPSA) is 136 Å². The molecule has 0 bridgehead atoms. The number of carbonyl (C=O) groups is 2. The van der Waals surface area contributed by atoms with Gasteiger partial charge in [0.25, 0.3) is 11.6 Å². The SMILES string of the molecule is O=C(COC(=O)c1cccc(S(=O)(=O)N2CCCCCC2)c1)Nc1cccc([N+](=O)[O-])c1. The smallest absolute Gasteiger partial charge is 0.338 e. The van der Waals surface area contributed by atoms with E-state index in [2.05, 4.69) is 5.32 Å². The third kappa shape index (κ3) is 5.89. The van der Waals surface area contributed by atoms with Crippen molar-refractivity contribution in [2.24, 2.45) is 0 Å². The summed E-state index contributed by atoms with van der Waals surface area (Å²) in [4.78, 5) is 34.6. The maximum atomic E-state index is 12.9.